The lowest BCUT2D eigenvalue weighted by atomic mass is 9.85. The zero-order chi connectivity index (χ0) is 44.0. The minimum absolute atomic E-state index is 0.174. The normalized spacial score (nSPS) is 12.8. The number of hydrogen-bond acceptors (Lipinski definition) is 3. The van der Waals surface area contributed by atoms with Crippen molar-refractivity contribution in [3.05, 3.63) is 24.3 Å². The molecule has 0 aromatic carbocycles. The molecule has 0 aliphatic heterocycles. The summed E-state index contributed by atoms with van der Waals surface area (Å²) in [7, 11) is 0. The van der Waals surface area contributed by atoms with E-state index in [1.807, 2.05) is 0 Å². The predicted molar refractivity (Wildman–Crippen MR) is 259 cm³/mol. The summed E-state index contributed by atoms with van der Waals surface area (Å²) in [5.74, 6) is -2.48. The van der Waals surface area contributed by atoms with E-state index in [1.165, 1.54) is 165 Å². The molecule has 6 nitrogen and oxygen atoms in total. The molecule has 0 fully saturated rings. The number of allylic oxidation sites excluding steroid dienone is 4. The average Bonchev–Trinajstić information content (AvgIpc) is 3.23. The highest BCUT2D eigenvalue weighted by Crippen LogP contribution is 2.31. The van der Waals surface area contributed by atoms with Crippen molar-refractivity contribution in [2.45, 2.75) is 296 Å². The monoisotopic (exact) mass is 844 g/mol. The van der Waals surface area contributed by atoms with Gasteiger partial charge in [0.1, 0.15) is 0 Å². The third-order valence-corrected chi connectivity index (χ3v) is 12.6. The molecule has 0 unspecified atom stereocenters. The molecule has 352 valence electrons. The van der Waals surface area contributed by atoms with E-state index in [1.54, 1.807) is 0 Å². The lowest BCUT2D eigenvalue weighted by Crippen LogP contribution is -2.58. The molecule has 0 aromatic heterocycles. The number of carboxylic acids is 2. The van der Waals surface area contributed by atoms with Gasteiger partial charge in [-0.2, -0.15) is 0 Å². The molecule has 0 bridgehead atoms. The highest BCUT2D eigenvalue weighted by Gasteiger charge is 2.47. The third kappa shape index (κ3) is 35.5. The lowest BCUT2D eigenvalue weighted by molar-refractivity contribution is -0.165. The number of hydrogen-bond donors (Lipinski definition) is 2. The Morgan fingerprint density at radius 2 is 0.700 bits per heavy atom. The first-order chi connectivity index (χ1) is 29.4. The van der Waals surface area contributed by atoms with Gasteiger partial charge in [0, 0.05) is 13.0 Å². The molecule has 6 heteroatoms. The second kappa shape index (κ2) is 44.9. The van der Waals surface area contributed by atoms with Gasteiger partial charge < -0.3 is 15.1 Å². The molecular weight excluding hydrogens is 743 g/mol. The van der Waals surface area contributed by atoms with Crippen molar-refractivity contribution in [2.75, 3.05) is 6.54 Å². The number of carboxylic acid groups (broad SMARTS) is 2. The molecule has 0 saturated heterocycles. The Kier molecular flexibility index (Phi) is 43.4. The molecule has 0 radical (unpaired) electrons. The summed E-state index contributed by atoms with van der Waals surface area (Å²) < 4.78 is 0. The fraction of sp³-hybridized carbons (Fsp3) is 0.870. The van der Waals surface area contributed by atoms with Crippen molar-refractivity contribution in [3.63, 3.8) is 0 Å². The van der Waals surface area contributed by atoms with Crippen molar-refractivity contribution < 1.29 is 24.6 Å². The van der Waals surface area contributed by atoms with E-state index in [9.17, 15) is 24.6 Å². The van der Waals surface area contributed by atoms with E-state index in [-0.39, 0.29) is 12.3 Å². The van der Waals surface area contributed by atoms with Crippen molar-refractivity contribution in [1.29, 1.82) is 0 Å². The Labute approximate surface area is 373 Å². The molecule has 0 saturated carbocycles. The molecule has 60 heavy (non-hydrogen) atoms. The quantitative estimate of drug-likeness (QED) is 0.0470. The summed E-state index contributed by atoms with van der Waals surface area (Å²) in [6.07, 6.45) is 55.1. The first-order valence-electron chi connectivity index (χ1n) is 26.4. The molecule has 0 spiro atoms. The van der Waals surface area contributed by atoms with Gasteiger partial charge in [-0.05, 0) is 70.6 Å². The maximum Gasteiger partial charge on any atom is 0.330 e. The molecule has 1 atom stereocenters. The fourth-order valence-corrected chi connectivity index (χ4v) is 8.70. The topological polar surface area (TPSA) is 94.9 Å². The Morgan fingerprint density at radius 1 is 0.400 bits per heavy atom. The first kappa shape index (κ1) is 57.9. The van der Waals surface area contributed by atoms with Crippen LogP contribution in [0.3, 0.4) is 0 Å². The van der Waals surface area contributed by atoms with Gasteiger partial charge in [0.2, 0.25) is 5.91 Å². The van der Waals surface area contributed by atoms with Gasteiger partial charge in [0.05, 0.1) is 6.42 Å². The second-order valence-corrected chi connectivity index (χ2v) is 18.4. The van der Waals surface area contributed by atoms with E-state index in [2.05, 4.69) is 45.1 Å². The summed E-state index contributed by atoms with van der Waals surface area (Å²) in [4.78, 5) is 40.9. The van der Waals surface area contributed by atoms with Crippen LogP contribution in [0.2, 0.25) is 0 Å². The van der Waals surface area contributed by atoms with Crippen LogP contribution in [0.1, 0.15) is 290 Å². The van der Waals surface area contributed by atoms with E-state index in [0.717, 1.165) is 77.0 Å². The highest BCUT2D eigenvalue weighted by atomic mass is 16.4. The first-order valence-corrected chi connectivity index (χ1v) is 26.4. The Morgan fingerprint density at radius 3 is 1.03 bits per heavy atom. The van der Waals surface area contributed by atoms with Gasteiger partial charge in [0.15, 0.2) is 5.54 Å². The number of carbonyl (C=O) groups excluding carboxylic acids is 1. The summed E-state index contributed by atoms with van der Waals surface area (Å²) in [5, 5.41) is 20.8. The van der Waals surface area contributed by atoms with Crippen LogP contribution in [0.15, 0.2) is 24.3 Å². The predicted octanol–water partition coefficient (Wildman–Crippen LogP) is 17.3. The van der Waals surface area contributed by atoms with Gasteiger partial charge >= 0.3 is 11.9 Å². The fourth-order valence-electron chi connectivity index (χ4n) is 8.70. The van der Waals surface area contributed by atoms with Gasteiger partial charge in [-0.3, -0.25) is 9.59 Å². The van der Waals surface area contributed by atoms with E-state index >= 15 is 0 Å². The minimum atomic E-state index is -1.69. The highest BCUT2D eigenvalue weighted by molar-refractivity contribution is 5.90. The van der Waals surface area contributed by atoms with Crippen molar-refractivity contribution in [3.8, 4) is 0 Å². The van der Waals surface area contributed by atoms with E-state index < -0.39 is 23.9 Å². The number of aliphatic carboxylic acids is 2. The Balaban J connectivity index is 5.01. The minimum Gasteiger partial charge on any atom is -0.481 e. The second-order valence-electron chi connectivity index (χ2n) is 18.4. The van der Waals surface area contributed by atoms with Crippen LogP contribution in [-0.2, 0) is 14.4 Å². The van der Waals surface area contributed by atoms with Gasteiger partial charge in [-0.25, -0.2) is 4.79 Å². The number of nitrogens with zero attached hydrogens (tertiary/aromatic N) is 1. The van der Waals surface area contributed by atoms with Crippen molar-refractivity contribution in [1.82, 2.24) is 4.90 Å². The SMILES string of the molecule is CCCCCCCCC=CCCCCCCCCN(C(=O)CCCCCCCCCCCCC)[C@@](CCCCCCCCC=CCCCCCCCC)(CC(=O)O)C(=O)O. The van der Waals surface area contributed by atoms with Gasteiger partial charge in [-0.1, -0.05) is 231 Å². The van der Waals surface area contributed by atoms with Crippen LogP contribution in [0.4, 0.5) is 0 Å². The van der Waals surface area contributed by atoms with Crippen LogP contribution in [0, 0.1) is 0 Å². The van der Waals surface area contributed by atoms with Gasteiger partial charge in [0.25, 0.3) is 0 Å². The summed E-state index contributed by atoms with van der Waals surface area (Å²) >= 11 is 0. The van der Waals surface area contributed by atoms with E-state index in [4.69, 9.17) is 0 Å². The van der Waals surface area contributed by atoms with Crippen LogP contribution in [0.5, 0.6) is 0 Å². The van der Waals surface area contributed by atoms with E-state index in [0.29, 0.717) is 25.8 Å². The smallest absolute Gasteiger partial charge is 0.330 e. The van der Waals surface area contributed by atoms with Crippen LogP contribution in [0.25, 0.3) is 0 Å². The number of rotatable bonds is 48. The summed E-state index contributed by atoms with van der Waals surface area (Å²) in [6.45, 7) is 7.09. The summed E-state index contributed by atoms with van der Waals surface area (Å²) in [5.41, 5.74) is -1.69. The van der Waals surface area contributed by atoms with Crippen LogP contribution >= 0.6 is 0 Å². The molecule has 0 heterocycles. The zero-order valence-electron chi connectivity index (χ0n) is 40.3. The number of unbranched alkanes of at least 4 members (excludes halogenated alkanes) is 34. The maximum absolute atomic E-state index is 14.0. The molecular formula is C54H101NO5. The zero-order valence-corrected chi connectivity index (χ0v) is 40.3. The van der Waals surface area contributed by atoms with Crippen molar-refractivity contribution in [2.24, 2.45) is 0 Å². The molecule has 2 N–H and O–H groups in total. The maximum atomic E-state index is 14.0. The lowest BCUT2D eigenvalue weighted by Gasteiger charge is -2.40. The van der Waals surface area contributed by atoms with Crippen molar-refractivity contribution >= 4 is 17.8 Å². The molecule has 0 aromatic rings. The molecule has 1 amide bonds. The molecule has 0 aliphatic carbocycles. The summed E-state index contributed by atoms with van der Waals surface area (Å²) in [6, 6.07) is 0. The number of carbonyl (C=O) groups is 3. The molecule has 0 aliphatic rings. The Hall–Kier alpha value is -2.11. The molecule has 0 rings (SSSR count). The third-order valence-electron chi connectivity index (χ3n) is 12.6. The average molecular weight is 844 g/mol. The van der Waals surface area contributed by atoms with Gasteiger partial charge in [-0.15, -0.1) is 0 Å². The van der Waals surface area contributed by atoms with Crippen LogP contribution < -0.4 is 0 Å². The number of amides is 1. The Bertz CT molecular complexity index is 1020. The van der Waals surface area contributed by atoms with Crippen LogP contribution in [-0.4, -0.2) is 45.0 Å². The largest absolute Gasteiger partial charge is 0.481 e. The standard InChI is InChI=1S/C54H101NO5/c1-4-7-10-13-16-19-22-24-26-28-30-33-36-39-42-45-48-54(53(59)60,50-52(57)58)55(51(56)47-44-41-38-35-32-21-18-15-12-9-6-3)49-46-43-40-37-34-31-29-27-25-23-20-17-14-11-8-5-2/h24-27H,4-23,28-50H2,1-3H3,(H,57,58)(H,59,60)/t54-/m0/s1.